The highest BCUT2D eigenvalue weighted by atomic mass is 32.2. The second-order valence-corrected chi connectivity index (χ2v) is 10.3. The quantitative estimate of drug-likeness (QED) is 0.335. The summed E-state index contributed by atoms with van der Waals surface area (Å²) in [5.74, 6) is -0.618. The molecule has 4 rings (SSSR count). The summed E-state index contributed by atoms with van der Waals surface area (Å²) in [6.45, 7) is 0.691. The van der Waals surface area contributed by atoms with Crippen molar-refractivity contribution in [3.63, 3.8) is 0 Å². The highest BCUT2D eigenvalue weighted by Crippen LogP contribution is 2.32. The van der Waals surface area contributed by atoms with E-state index in [1.807, 2.05) is 12.1 Å². The van der Waals surface area contributed by atoms with E-state index in [2.05, 4.69) is 10.1 Å². The molecular weight excluding hydrogens is 467 g/mol. The smallest absolute Gasteiger partial charge is 0.229 e. The molecule has 4 aromatic rings. The van der Waals surface area contributed by atoms with Crippen LogP contribution in [-0.4, -0.2) is 48.5 Å². The maximum absolute atomic E-state index is 13.1. The van der Waals surface area contributed by atoms with Gasteiger partial charge in [0, 0.05) is 25.4 Å². The number of amides is 1. The predicted molar refractivity (Wildman–Crippen MR) is 124 cm³/mol. The number of hydrogen-bond acceptors (Lipinski definition) is 7. The van der Waals surface area contributed by atoms with Crippen molar-refractivity contribution in [2.45, 2.75) is 17.9 Å². The van der Waals surface area contributed by atoms with E-state index >= 15 is 0 Å². The minimum Gasteiger partial charge on any atom is -0.497 e. The van der Waals surface area contributed by atoms with Gasteiger partial charge in [-0.05, 0) is 48.5 Å². The van der Waals surface area contributed by atoms with Gasteiger partial charge in [-0.25, -0.2) is 17.8 Å². The van der Waals surface area contributed by atoms with E-state index in [0.29, 0.717) is 22.9 Å². The maximum Gasteiger partial charge on any atom is 0.229 e. The van der Waals surface area contributed by atoms with Crippen LogP contribution in [0.4, 0.5) is 9.52 Å². The van der Waals surface area contributed by atoms with E-state index in [1.54, 1.807) is 36.3 Å². The summed E-state index contributed by atoms with van der Waals surface area (Å²) in [7, 11) is -2.17. The Hall–Kier alpha value is -3.31. The maximum atomic E-state index is 13.1. The van der Waals surface area contributed by atoms with Gasteiger partial charge in [-0.1, -0.05) is 11.3 Å². The molecule has 33 heavy (non-hydrogen) atoms. The van der Waals surface area contributed by atoms with Crippen LogP contribution < -0.4 is 9.64 Å². The number of sulfone groups is 1. The lowest BCUT2D eigenvalue weighted by Gasteiger charge is -2.20. The minimum absolute atomic E-state index is 0.0214. The normalized spacial score (nSPS) is 11.6. The highest BCUT2D eigenvalue weighted by Gasteiger charge is 2.23. The second kappa shape index (κ2) is 9.67. The fourth-order valence-corrected chi connectivity index (χ4v) is 5.48. The van der Waals surface area contributed by atoms with Gasteiger partial charge in [0.1, 0.15) is 11.6 Å². The lowest BCUT2D eigenvalue weighted by molar-refractivity contribution is -0.118. The van der Waals surface area contributed by atoms with Crippen molar-refractivity contribution in [1.82, 2.24) is 14.8 Å². The third-order valence-corrected chi connectivity index (χ3v) is 7.76. The Morgan fingerprint density at radius 3 is 2.70 bits per heavy atom. The fourth-order valence-electron chi connectivity index (χ4n) is 3.21. The van der Waals surface area contributed by atoms with Crippen LogP contribution in [0, 0.1) is 5.82 Å². The number of fused-ring (bicyclic) bond motifs is 1. The number of rotatable bonds is 9. The van der Waals surface area contributed by atoms with Crippen LogP contribution in [0.25, 0.3) is 10.2 Å². The van der Waals surface area contributed by atoms with Crippen LogP contribution in [0.1, 0.15) is 6.42 Å². The van der Waals surface area contributed by atoms with Crippen molar-refractivity contribution in [2.75, 3.05) is 24.3 Å². The molecule has 0 atom stereocenters. The molecule has 2 heterocycles. The largest absolute Gasteiger partial charge is 0.497 e. The molecule has 0 unspecified atom stereocenters. The number of nitrogens with zero attached hydrogens (tertiary/aromatic N) is 4. The van der Waals surface area contributed by atoms with E-state index < -0.39 is 21.4 Å². The first-order valence-electron chi connectivity index (χ1n) is 10.1. The van der Waals surface area contributed by atoms with Gasteiger partial charge in [-0.2, -0.15) is 5.10 Å². The third-order valence-electron chi connectivity index (χ3n) is 4.99. The van der Waals surface area contributed by atoms with Crippen LogP contribution in [0.2, 0.25) is 0 Å². The SMILES string of the molecule is COc1ccc2nc(N(CCn3cccn3)C(=O)CCS(=O)(=O)c3ccc(F)cc3)sc2c1. The molecule has 0 saturated heterocycles. The van der Waals surface area contributed by atoms with Crippen LogP contribution >= 0.6 is 11.3 Å². The summed E-state index contributed by atoms with van der Waals surface area (Å²) in [6, 6.07) is 11.8. The van der Waals surface area contributed by atoms with E-state index in [-0.39, 0.29) is 23.8 Å². The molecule has 0 radical (unpaired) electrons. The molecule has 1 amide bonds. The Morgan fingerprint density at radius 2 is 2.00 bits per heavy atom. The topological polar surface area (TPSA) is 94.4 Å². The van der Waals surface area contributed by atoms with Gasteiger partial charge in [-0.3, -0.25) is 14.4 Å². The number of carbonyl (C=O) groups is 1. The molecule has 0 aliphatic rings. The average Bonchev–Trinajstić information content (AvgIpc) is 3.47. The predicted octanol–water partition coefficient (Wildman–Crippen LogP) is 3.54. The number of hydrogen-bond donors (Lipinski definition) is 0. The van der Waals surface area contributed by atoms with Gasteiger partial charge in [0.25, 0.3) is 0 Å². The molecule has 172 valence electrons. The van der Waals surface area contributed by atoms with Crippen molar-refractivity contribution < 1.29 is 22.3 Å². The van der Waals surface area contributed by atoms with Gasteiger partial charge in [-0.15, -0.1) is 0 Å². The third kappa shape index (κ3) is 5.37. The summed E-state index contributed by atoms with van der Waals surface area (Å²) in [5, 5.41) is 4.62. The summed E-state index contributed by atoms with van der Waals surface area (Å²) < 4.78 is 46.2. The van der Waals surface area contributed by atoms with Crippen molar-refractivity contribution in [1.29, 1.82) is 0 Å². The molecule has 0 aliphatic heterocycles. The summed E-state index contributed by atoms with van der Waals surface area (Å²) in [6.07, 6.45) is 3.19. The van der Waals surface area contributed by atoms with Crippen molar-refractivity contribution in [2.24, 2.45) is 0 Å². The zero-order chi connectivity index (χ0) is 23.4. The molecule has 0 saturated carbocycles. The first-order valence-corrected chi connectivity index (χ1v) is 12.5. The molecule has 0 aliphatic carbocycles. The molecule has 11 heteroatoms. The molecule has 0 fully saturated rings. The Labute approximate surface area is 194 Å². The van der Waals surface area contributed by atoms with Gasteiger partial charge in [0.2, 0.25) is 5.91 Å². The number of ether oxygens (including phenoxy) is 1. The molecule has 8 nitrogen and oxygen atoms in total. The van der Waals surface area contributed by atoms with Crippen molar-refractivity contribution in [3.05, 3.63) is 66.7 Å². The van der Waals surface area contributed by atoms with Crippen LogP contribution in [0.15, 0.2) is 65.8 Å². The Morgan fingerprint density at radius 1 is 1.21 bits per heavy atom. The number of carbonyl (C=O) groups excluding carboxylic acids is 1. The van der Waals surface area contributed by atoms with E-state index in [9.17, 15) is 17.6 Å². The summed E-state index contributed by atoms with van der Waals surface area (Å²) >= 11 is 1.32. The lowest BCUT2D eigenvalue weighted by Crippen LogP contribution is -2.35. The summed E-state index contributed by atoms with van der Waals surface area (Å²) in [4.78, 5) is 19.2. The Kier molecular flexibility index (Phi) is 6.70. The zero-order valence-electron chi connectivity index (χ0n) is 17.7. The highest BCUT2D eigenvalue weighted by molar-refractivity contribution is 7.91. The van der Waals surface area contributed by atoms with Crippen LogP contribution in [0.3, 0.4) is 0 Å². The average molecular weight is 489 g/mol. The second-order valence-electron chi connectivity index (χ2n) is 7.17. The Balaban J connectivity index is 1.56. The minimum atomic E-state index is -3.74. The van der Waals surface area contributed by atoms with Crippen molar-refractivity contribution >= 4 is 42.4 Å². The number of thiazole rings is 1. The molecule has 0 spiro atoms. The molecule has 2 aromatic carbocycles. The lowest BCUT2D eigenvalue weighted by atomic mass is 10.3. The first-order chi connectivity index (χ1) is 15.9. The van der Waals surface area contributed by atoms with Crippen LogP contribution in [0.5, 0.6) is 5.75 Å². The molecular formula is C22H21FN4O4S2. The number of aromatic nitrogens is 3. The van der Waals surface area contributed by atoms with Crippen molar-refractivity contribution in [3.8, 4) is 5.75 Å². The van der Waals surface area contributed by atoms with E-state index in [4.69, 9.17) is 4.74 Å². The number of methoxy groups -OCH3 is 1. The van der Waals surface area contributed by atoms with Crippen LogP contribution in [-0.2, 0) is 21.2 Å². The molecule has 2 aromatic heterocycles. The van der Waals surface area contributed by atoms with Gasteiger partial charge in [0.15, 0.2) is 15.0 Å². The monoisotopic (exact) mass is 488 g/mol. The Bertz CT molecular complexity index is 1350. The van der Waals surface area contributed by atoms with Gasteiger partial charge < -0.3 is 4.74 Å². The van der Waals surface area contributed by atoms with E-state index in [1.165, 1.54) is 28.4 Å². The zero-order valence-corrected chi connectivity index (χ0v) is 19.4. The molecule has 0 bridgehead atoms. The van der Waals surface area contributed by atoms with Gasteiger partial charge in [0.05, 0.1) is 34.5 Å². The molecule has 0 N–H and O–H groups in total. The van der Waals surface area contributed by atoms with E-state index in [0.717, 1.165) is 16.8 Å². The number of benzene rings is 2. The van der Waals surface area contributed by atoms with Gasteiger partial charge >= 0.3 is 0 Å². The first kappa shape index (κ1) is 22.9. The standard InChI is InChI=1S/C22H21FN4O4S2/c1-31-17-5-8-19-20(15-17)32-22(25-19)27(13-12-26-11-2-10-24-26)21(28)9-14-33(29,30)18-6-3-16(23)4-7-18/h2-8,10-11,15H,9,12-14H2,1H3. The summed E-state index contributed by atoms with van der Waals surface area (Å²) in [5.41, 5.74) is 0.714. The number of anilines is 1. The fraction of sp³-hybridized carbons (Fsp3) is 0.227. The number of halogens is 1.